The summed E-state index contributed by atoms with van der Waals surface area (Å²) in [6, 6.07) is 25.4. The smallest absolute Gasteiger partial charge is 0.339 e. The SMILES string of the molecule is Cc1cc(S(=O)(=O)Oc2ccc(N=Nc3ccccc3C(=O)c3ccccc3)cc2)cc(C)c1C. The molecule has 0 saturated heterocycles. The Balaban J connectivity index is 1.52. The van der Waals surface area contributed by atoms with Gasteiger partial charge in [-0.15, -0.1) is 5.11 Å². The highest BCUT2D eigenvalue weighted by Gasteiger charge is 2.18. The first-order valence-electron chi connectivity index (χ1n) is 11.0. The lowest BCUT2D eigenvalue weighted by Crippen LogP contribution is -2.10. The van der Waals surface area contributed by atoms with Crippen LogP contribution in [0.5, 0.6) is 5.75 Å². The van der Waals surface area contributed by atoms with Gasteiger partial charge in [0.05, 0.1) is 16.9 Å². The summed E-state index contributed by atoms with van der Waals surface area (Å²) in [5, 5.41) is 8.46. The van der Waals surface area contributed by atoms with Crippen molar-refractivity contribution in [2.24, 2.45) is 10.2 Å². The molecule has 176 valence electrons. The third-order valence-corrected chi connectivity index (χ3v) is 6.91. The number of rotatable bonds is 7. The van der Waals surface area contributed by atoms with E-state index in [4.69, 9.17) is 4.18 Å². The maximum Gasteiger partial charge on any atom is 0.339 e. The van der Waals surface area contributed by atoms with Crippen molar-refractivity contribution in [1.82, 2.24) is 0 Å². The van der Waals surface area contributed by atoms with Crippen molar-refractivity contribution in [3.05, 3.63) is 119 Å². The second kappa shape index (κ2) is 10.0. The maximum absolute atomic E-state index is 12.9. The van der Waals surface area contributed by atoms with Crippen LogP contribution in [0.4, 0.5) is 11.4 Å². The predicted octanol–water partition coefficient (Wildman–Crippen LogP) is 7.03. The maximum atomic E-state index is 12.9. The predicted molar refractivity (Wildman–Crippen MR) is 135 cm³/mol. The zero-order valence-corrected chi connectivity index (χ0v) is 20.4. The third-order valence-electron chi connectivity index (χ3n) is 5.69. The van der Waals surface area contributed by atoms with Gasteiger partial charge in [0, 0.05) is 5.56 Å². The zero-order chi connectivity index (χ0) is 25.0. The molecule has 0 aliphatic rings. The van der Waals surface area contributed by atoms with Crippen molar-refractivity contribution in [2.75, 3.05) is 0 Å². The lowest BCUT2D eigenvalue weighted by atomic mass is 10.0. The molecule has 4 aromatic rings. The van der Waals surface area contributed by atoms with Crippen molar-refractivity contribution in [1.29, 1.82) is 0 Å². The Morgan fingerprint density at radius 3 is 2.00 bits per heavy atom. The summed E-state index contributed by atoms with van der Waals surface area (Å²) in [6.07, 6.45) is 0. The standard InChI is InChI=1S/C28H24N2O4S/c1-19-17-25(18-20(2)21(19)3)35(32,33)34-24-15-13-23(14-16-24)29-30-27-12-8-7-11-26(27)28(31)22-9-5-4-6-10-22/h4-18H,1-3H3. The first kappa shape index (κ1) is 24.0. The molecule has 4 rings (SSSR count). The van der Waals surface area contributed by atoms with Crippen LogP contribution in [0.15, 0.2) is 106 Å². The molecule has 35 heavy (non-hydrogen) atoms. The van der Waals surface area contributed by atoms with Gasteiger partial charge >= 0.3 is 10.1 Å². The Morgan fingerprint density at radius 2 is 1.34 bits per heavy atom. The summed E-state index contributed by atoms with van der Waals surface area (Å²) in [5.74, 6) is 0.0233. The fourth-order valence-electron chi connectivity index (χ4n) is 3.49. The Bertz CT molecular complexity index is 1490. The van der Waals surface area contributed by atoms with E-state index in [0.717, 1.165) is 16.7 Å². The first-order chi connectivity index (χ1) is 16.7. The number of benzene rings is 4. The molecule has 0 aliphatic carbocycles. The van der Waals surface area contributed by atoms with E-state index in [1.54, 1.807) is 60.7 Å². The van der Waals surface area contributed by atoms with Gasteiger partial charge in [0.25, 0.3) is 0 Å². The quantitative estimate of drug-likeness (QED) is 0.160. The molecule has 4 aromatic carbocycles. The highest BCUT2D eigenvalue weighted by molar-refractivity contribution is 7.87. The van der Waals surface area contributed by atoms with Crippen LogP contribution in [-0.4, -0.2) is 14.2 Å². The number of carbonyl (C=O) groups is 1. The monoisotopic (exact) mass is 484 g/mol. The number of hydrogen-bond donors (Lipinski definition) is 0. The average molecular weight is 485 g/mol. The molecule has 0 spiro atoms. The Hall–Kier alpha value is -4.10. The van der Waals surface area contributed by atoms with Crippen LogP contribution in [0, 0.1) is 20.8 Å². The first-order valence-corrected chi connectivity index (χ1v) is 12.4. The molecule has 0 N–H and O–H groups in total. The molecule has 0 fully saturated rings. The van der Waals surface area contributed by atoms with Gasteiger partial charge < -0.3 is 4.18 Å². The largest absolute Gasteiger partial charge is 0.379 e. The van der Waals surface area contributed by atoms with E-state index in [0.29, 0.717) is 22.5 Å². The summed E-state index contributed by atoms with van der Waals surface area (Å²) in [5.41, 5.74) is 4.75. The molecule has 6 nitrogen and oxygen atoms in total. The number of nitrogens with zero attached hydrogens (tertiary/aromatic N) is 2. The molecule has 0 aliphatic heterocycles. The minimum absolute atomic E-state index is 0.113. The molecule has 0 aromatic heterocycles. The summed E-state index contributed by atoms with van der Waals surface area (Å²) in [6.45, 7) is 5.69. The van der Waals surface area contributed by atoms with Gasteiger partial charge in [0.15, 0.2) is 5.78 Å². The fourth-order valence-corrected chi connectivity index (χ4v) is 4.60. The van der Waals surface area contributed by atoms with Crippen molar-refractivity contribution in [3.8, 4) is 5.75 Å². The second-order valence-electron chi connectivity index (χ2n) is 8.13. The van der Waals surface area contributed by atoms with Gasteiger partial charge in [-0.3, -0.25) is 4.79 Å². The average Bonchev–Trinajstić information content (AvgIpc) is 2.86. The third kappa shape index (κ3) is 5.53. The van der Waals surface area contributed by atoms with Crippen LogP contribution in [0.2, 0.25) is 0 Å². The van der Waals surface area contributed by atoms with Crippen molar-refractivity contribution < 1.29 is 17.4 Å². The van der Waals surface area contributed by atoms with Crippen LogP contribution >= 0.6 is 0 Å². The highest BCUT2D eigenvalue weighted by Crippen LogP contribution is 2.27. The van der Waals surface area contributed by atoms with Crippen LogP contribution in [0.25, 0.3) is 0 Å². The van der Waals surface area contributed by atoms with E-state index in [1.807, 2.05) is 39.0 Å². The van der Waals surface area contributed by atoms with Crippen LogP contribution < -0.4 is 4.18 Å². The van der Waals surface area contributed by atoms with Gasteiger partial charge in [0.2, 0.25) is 0 Å². The van der Waals surface area contributed by atoms with E-state index >= 15 is 0 Å². The molecule has 0 amide bonds. The number of ketones is 1. The van der Waals surface area contributed by atoms with Gasteiger partial charge in [0.1, 0.15) is 10.6 Å². The summed E-state index contributed by atoms with van der Waals surface area (Å²) < 4.78 is 30.8. The van der Waals surface area contributed by atoms with Crippen molar-refractivity contribution in [3.63, 3.8) is 0 Å². The summed E-state index contributed by atoms with van der Waals surface area (Å²) in [4.78, 5) is 13.0. The van der Waals surface area contributed by atoms with Gasteiger partial charge in [-0.2, -0.15) is 13.5 Å². The van der Waals surface area contributed by atoms with Gasteiger partial charge in [-0.1, -0.05) is 42.5 Å². The van der Waals surface area contributed by atoms with E-state index in [1.165, 1.54) is 12.1 Å². The van der Waals surface area contributed by atoms with E-state index in [9.17, 15) is 13.2 Å². The highest BCUT2D eigenvalue weighted by atomic mass is 32.2. The zero-order valence-electron chi connectivity index (χ0n) is 19.6. The van der Waals surface area contributed by atoms with E-state index in [2.05, 4.69) is 10.2 Å². The summed E-state index contributed by atoms with van der Waals surface area (Å²) >= 11 is 0. The molecule has 0 radical (unpaired) electrons. The van der Waals surface area contributed by atoms with E-state index < -0.39 is 10.1 Å². The van der Waals surface area contributed by atoms with Crippen molar-refractivity contribution >= 4 is 27.3 Å². The normalized spacial score (nSPS) is 11.5. The minimum atomic E-state index is -3.98. The van der Waals surface area contributed by atoms with Crippen LogP contribution in [0.3, 0.4) is 0 Å². The molecule has 0 saturated carbocycles. The van der Waals surface area contributed by atoms with Gasteiger partial charge in [-0.25, -0.2) is 0 Å². The molecule has 0 heterocycles. The fraction of sp³-hybridized carbons (Fsp3) is 0.107. The number of azo groups is 1. The second-order valence-corrected chi connectivity index (χ2v) is 9.67. The van der Waals surface area contributed by atoms with E-state index in [-0.39, 0.29) is 16.4 Å². The molecule has 0 atom stereocenters. The summed E-state index contributed by atoms with van der Waals surface area (Å²) in [7, 11) is -3.98. The van der Waals surface area contributed by atoms with Gasteiger partial charge in [-0.05, 0) is 86.0 Å². The van der Waals surface area contributed by atoms with Crippen molar-refractivity contribution in [2.45, 2.75) is 25.7 Å². The lowest BCUT2D eigenvalue weighted by molar-refractivity contribution is 0.103. The van der Waals surface area contributed by atoms with Crippen LogP contribution in [-0.2, 0) is 10.1 Å². The topological polar surface area (TPSA) is 85.2 Å². The number of hydrogen-bond acceptors (Lipinski definition) is 6. The number of aryl methyl sites for hydroxylation is 2. The Morgan fingerprint density at radius 1 is 0.743 bits per heavy atom. The molecular weight excluding hydrogens is 460 g/mol. The Kier molecular flexibility index (Phi) is 6.89. The lowest BCUT2D eigenvalue weighted by Gasteiger charge is -2.11. The Labute approximate surface area is 205 Å². The molecule has 7 heteroatoms. The van der Waals surface area contributed by atoms with Crippen LogP contribution in [0.1, 0.15) is 32.6 Å². The molecular formula is C28H24N2O4S. The molecule has 0 bridgehead atoms. The number of carbonyl (C=O) groups excluding carboxylic acids is 1. The molecule has 0 unspecified atom stereocenters. The minimum Gasteiger partial charge on any atom is -0.379 e.